The molecule has 0 bridgehead atoms. The zero-order valence-corrected chi connectivity index (χ0v) is 6.11. The van der Waals surface area contributed by atoms with E-state index >= 15 is 0 Å². The van der Waals surface area contributed by atoms with Crippen molar-refractivity contribution in [1.82, 2.24) is 9.97 Å². The molecule has 1 heterocycles. The molecule has 0 amide bonds. The summed E-state index contributed by atoms with van der Waals surface area (Å²) in [6.07, 6.45) is 4.19. The van der Waals surface area contributed by atoms with Crippen molar-refractivity contribution in [1.29, 1.82) is 5.39 Å². The molecular formula is C4H3BF4N4. The van der Waals surface area contributed by atoms with E-state index < -0.39 is 7.25 Å². The quantitative estimate of drug-likeness (QED) is 0.361. The number of halogens is 4. The van der Waals surface area contributed by atoms with Gasteiger partial charge in [-0.2, -0.15) is 0 Å². The molecule has 0 aromatic carbocycles. The first-order valence-electron chi connectivity index (χ1n) is 2.91. The molecule has 0 aliphatic heterocycles. The molecule has 1 aromatic rings. The molecule has 70 valence electrons. The average molecular weight is 194 g/mol. The van der Waals surface area contributed by atoms with E-state index in [0.29, 0.717) is 5.69 Å². The molecule has 1 aromatic heterocycles. The van der Waals surface area contributed by atoms with Gasteiger partial charge >= 0.3 is 12.9 Å². The fourth-order valence-electron chi connectivity index (χ4n) is 0.343. The van der Waals surface area contributed by atoms with Crippen molar-refractivity contribution in [3.63, 3.8) is 0 Å². The van der Waals surface area contributed by atoms with E-state index in [1.807, 2.05) is 0 Å². The van der Waals surface area contributed by atoms with Crippen LogP contribution in [0.1, 0.15) is 0 Å². The highest BCUT2D eigenvalue weighted by molar-refractivity contribution is 6.50. The molecule has 0 aliphatic carbocycles. The predicted molar refractivity (Wildman–Crippen MR) is 37.0 cm³/mol. The highest BCUT2D eigenvalue weighted by atomic mass is 19.5. The van der Waals surface area contributed by atoms with Crippen molar-refractivity contribution >= 4 is 12.9 Å². The first-order chi connectivity index (χ1) is 5.93. The molecular weight excluding hydrogens is 191 g/mol. The van der Waals surface area contributed by atoms with E-state index in [0.717, 1.165) is 0 Å². The van der Waals surface area contributed by atoms with Crippen molar-refractivity contribution in [3.05, 3.63) is 23.7 Å². The Hall–Kier alpha value is -1.72. The number of aromatic nitrogens is 2. The zero-order chi connectivity index (χ0) is 10.3. The summed E-state index contributed by atoms with van der Waals surface area (Å²) in [5.41, 5.74) is 0.368. The Labute approximate surface area is 70.4 Å². The predicted octanol–water partition coefficient (Wildman–Crippen LogP) is 2.26. The third-order valence-corrected chi connectivity index (χ3v) is 0.662. The molecule has 4 nitrogen and oxygen atoms in total. The summed E-state index contributed by atoms with van der Waals surface area (Å²) in [6.45, 7) is 0. The second-order valence-corrected chi connectivity index (χ2v) is 1.69. The van der Waals surface area contributed by atoms with Gasteiger partial charge in [-0.1, -0.05) is 0 Å². The average Bonchev–Trinajstić information content (AvgIpc) is 2.03. The minimum atomic E-state index is -6.00. The first-order valence-corrected chi connectivity index (χ1v) is 2.91. The van der Waals surface area contributed by atoms with Crippen molar-refractivity contribution in [2.24, 2.45) is 0 Å². The highest BCUT2D eigenvalue weighted by Crippen LogP contribution is 2.06. The minimum Gasteiger partial charge on any atom is -0.418 e. The van der Waals surface area contributed by atoms with Crippen molar-refractivity contribution in [2.45, 2.75) is 0 Å². The maximum atomic E-state index is 9.75. The van der Waals surface area contributed by atoms with E-state index in [2.05, 4.69) is 14.9 Å². The van der Waals surface area contributed by atoms with Crippen LogP contribution in [0, 0.1) is 5.39 Å². The molecule has 0 aliphatic rings. The molecule has 0 atom stereocenters. The van der Waals surface area contributed by atoms with Crippen LogP contribution in [0.15, 0.2) is 18.7 Å². The van der Waals surface area contributed by atoms with Gasteiger partial charge in [0, 0.05) is 0 Å². The smallest absolute Gasteiger partial charge is 0.418 e. The van der Waals surface area contributed by atoms with E-state index in [-0.39, 0.29) is 0 Å². The summed E-state index contributed by atoms with van der Waals surface area (Å²) < 4.78 is 39.0. The van der Waals surface area contributed by atoms with E-state index in [1.165, 1.54) is 18.7 Å². The van der Waals surface area contributed by atoms with Gasteiger partial charge in [0.2, 0.25) is 5.39 Å². The normalized spacial score (nSPS) is 9.46. The summed E-state index contributed by atoms with van der Waals surface area (Å²) >= 11 is 0. The topological polar surface area (TPSA) is 53.9 Å². The molecule has 13 heavy (non-hydrogen) atoms. The Balaban J connectivity index is 0.000000252. The molecule has 0 saturated carbocycles. The van der Waals surface area contributed by atoms with Gasteiger partial charge in [-0.25, -0.2) is 9.97 Å². The summed E-state index contributed by atoms with van der Waals surface area (Å²) in [5.74, 6) is 0. The van der Waals surface area contributed by atoms with Gasteiger partial charge < -0.3 is 17.3 Å². The molecule has 0 spiro atoms. The van der Waals surface area contributed by atoms with E-state index in [9.17, 15) is 17.3 Å². The van der Waals surface area contributed by atoms with E-state index in [4.69, 9.17) is 5.39 Å². The van der Waals surface area contributed by atoms with Gasteiger partial charge in [0.15, 0.2) is 4.98 Å². The van der Waals surface area contributed by atoms with Crippen LogP contribution >= 0.6 is 0 Å². The van der Waals surface area contributed by atoms with Gasteiger partial charge in [-0.05, 0) is 0 Å². The Kier molecular flexibility index (Phi) is 4.36. The van der Waals surface area contributed by atoms with Gasteiger partial charge in [-0.3, -0.25) is 0 Å². The molecule has 0 radical (unpaired) electrons. The third-order valence-electron chi connectivity index (χ3n) is 0.662. The monoisotopic (exact) mass is 194 g/mol. The van der Waals surface area contributed by atoms with Gasteiger partial charge in [-0.15, -0.1) is 0 Å². The largest absolute Gasteiger partial charge is 0.673 e. The first kappa shape index (κ1) is 11.3. The SMILES string of the molecule is F[B-](F)(F)F.N#[N+]c1cncnc1. The van der Waals surface area contributed by atoms with Gasteiger partial charge in [0.25, 0.3) is 0 Å². The molecule has 1 rings (SSSR count). The summed E-state index contributed by atoms with van der Waals surface area (Å²) in [7, 11) is -6.00. The number of nitrogens with zero attached hydrogens (tertiary/aromatic N) is 4. The lowest BCUT2D eigenvalue weighted by Crippen LogP contribution is -2.02. The second-order valence-electron chi connectivity index (χ2n) is 1.69. The van der Waals surface area contributed by atoms with Gasteiger partial charge in [0.05, 0.1) is 0 Å². The summed E-state index contributed by atoms with van der Waals surface area (Å²) in [4.78, 5) is 10.0. The number of rotatable bonds is 0. The Morgan fingerprint density at radius 1 is 1.15 bits per heavy atom. The number of hydrogen-bond acceptors (Lipinski definition) is 3. The summed E-state index contributed by atoms with van der Waals surface area (Å²) in [5, 5.41) is 8.08. The third kappa shape index (κ3) is 10.3. The molecule has 0 fully saturated rings. The Bertz CT molecular complexity index is 274. The highest BCUT2D eigenvalue weighted by Gasteiger charge is 2.20. The fourth-order valence-corrected chi connectivity index (χ4v) is 0.343. The molecule has 0 unspecified atom stereocenters. The lowest BCUT2D eigenvalue weighted by atomic mass is 10.3. The number of diazo groups is 1. The van der Waals surface area contributed by atoms with Crippen LogP contribution in [0.4, 0.5) is 23.0 Å². The maximum Gasteiger partial charge on any atom is 0.673 e. The second kappa shape index (κ2) is 5.02. The van der Waals surface area contributed by atoms with Crippen molar-refractivity contribution < 1.29 is 17.3 Å². The van der Waals surface area contributed by atoms with Crippen LogP contribution in [-0.4, -0.2) is 17.2 Å². The lowest BCUT2D eigenvalue weighted by Gasteiger charge is -1.94. The molecule has 9 heteroatoms. The van der Waals surface area contributed by atoms with Crippen LogP contribution in [0.3, 0.4) is 0 Å². The Morgan fingerprint density at radius 3 is 1.77 bits per heavy atom. The fraction of sp³-hybridized carbons (Fsp3) is 0. The van der Waals surface area contributed by atoms with E-state index in [1.54, 1.807) is 0 Å². The Morgan fingerprint density at radius 2 is 1.54 bits per heavy atom. The van der Waals surface area contributed by atoms with Crippen molar-refractivity contribution in [2.75, 3.05) is 0 Å². The van der Waals surface area contributed by atoms with Gasteiger partial charge in [0.1, 0.15) is 18.7 Å². The van der Waals surface area contributed by atoms with Crippen LogP contribution < -0.4 is 0 Å². The van der Waals surface area contributed by atoms with Crippen molar-refractivity contribution in [3.8, 4) is 0 Å². The maximum absolute atomic E-state index is 9.75. The zero-order valence-electron chi connectivity index (χ0n) is 6.11. The van der Waals surface area contributed by atoms with Crippen LogP contribution in [-0.2, 0) is 0 Å². The minimum absolute atomic E-state index is 0.368. The molecule has 0 N–H and O–H groups in total. The van der Waals surface area contributed by atoms with Crippen LogP contribution in [0.5, 0.6) is 0 Å². The number of hydrogen-bond donors (Lipinski definition) is 0. The van der Waals surface area contributed by atoms with Crippen LogP contribution in [0.2, 0.25) is 0 Å². The lowest BCUT2D eigenvalue weighted by molar-refractivity contribution is 0.368. The standard InChI is InChI=1S/C4H3N4.BF4/c5-8-4-1-6-3-7-2-4;2-1(3,4)5/h1-3H;/q+1;-1. The molecule has 0 saturated heterocycles. The van der Waals surface area contributed by atoms with Crippen LogP contribution in [0.25, 0.3) is 4.98 Å². The summed E-state index contributed by atoms with van der Waals surface area (Å²) in [6, 6.07) is 0.